The molecule has 0 saturated carbocycles. The third-order valence-corrected chi connectivity index (χ3v) is 3.61. The standard InChI is InChI=1S/C14H25N3O2/c1-6-10(2)7-11(3)15-8-12-9-16(4)14(19)17(5)13(12)18/h9-11,15H,6-8H2,1-5H3. The summed E-state index contributed by atoms with van der Waals surface area (Å²) in [5, 5.41) is 3.35. The predicted molar refractivity (Wildman–Crippen MR) is 77.3 cm³/mol. The van der Waals surface area contributed by atoms with Crippen molar-refractivity contribution in [1.82, 2.24) is 14.5 Å². The van der Waals surface area contributed by atoms with E-state index in [4.69, 9.17) is 0 Å². The van der Waals surface area contributed by atoms with Gasteiger partial charge in [-0.1, -0.05) is 20.3 Å². The lowest BCUT2D eigenvalue weighted by molar-refractivity contribution is 0.410. The topological polar surface area (TPSA) is 56.0 Å². The molecule has 0 aliphatic heterocycles. The van der Waals surface area contributed by atoms with Gasteiger partial charge in [0.2, 0.25) is 0 Å². The second-order valence-corrected chi connectivity index (χ2v) is 5.44. The lowest BCUT2D eigenvalue weighted by Crippen LogP contribution is -2.40. The molecule has 5 nitrogen and oxygen atoms in total. The van der Waals surface area contributed by atoms with E-state index in [1.165, 1.54) is 11.6 Å². The van der Waals surface area contributed by atoms with Gasteiger partial charge in [-0.2, -0.15) is 0 Å². The van der Waals surface area contributed by atoms with Crippen molar-refractivity contribution < 1.29 is 0 Å². The van der Waals surface area contributed by atoms with Crippen LogP contribution in [-0.2, 0) is 20.6 Å². The number of nitrogens with zero attached hydrogens (tertiary/aromatic N) is 2. The summed E-state index contributed by atoms with van der Waals surface area (Å²) in [6.45, 7) is 7.03. The molecule has 0 spiro atoms. The molecule has 0 aliphatic carbocycles. The van der Waals surface area contributed by atoms with Gasteiger partial charge in [0.05, 0.1) is 0 Å². The molecule has 0 fully saturated rings. The zero-order chi connectivity index (χ0) is 14.6. The molecular weight excluding hydrogens is 242 g/mol. The van der Waals surface area contributed by atoms with Crippen LogP contribution in [0.15, 0.2) is 15.8 Å². The molecule has 2 unspecified atom stereocenters. The van der Waals surface area contributed by atoms with Crippen LogP contribution in [-0.4, -0.2) is 15.2 Å². The first-order valence-corrected chi connectivity index (χ1v) is 6.85. The van der Waals surface area contributed by atoms with Gasteiger partial charge in [-0.15, -0.1) is 0 Å². The fraction of sp³-hybridized carbons (Fsp3) is 0.714. The summed E-state index contributed by atoms with van der Waals surface area (Å²) in [5.74, 6) is 0.672. The molecular formula is C14H25N3O2. The van der Waals surface area contributed by atoms with E-state index >= 15 is 0 Å². The lowest BCUT2D eigenvalue weighted by Gasteiger charge is -2.17. The lowest BCUT2D eigenvalue weighted by atomic mass is 10.0. The van der Waals surface area contributed by atoms with Crippen LogP contribution in [0.3, 0.4) is 0 Å². The Morgan fingerprint density at radius 3 is 2.47 bits per heavy atom. The van der Waals surface area contributed by atoms with Gasteiger partial charge in [0.15, 0.2) is 0 Å². The van der Waals surface area contributed by atoms with E-state index in [2.05, 4.69) is 26.1 Å². The van der Waals surface area contributed by atoms with E-state index in [9.17, 15) is 9.59 Å². The van der Waals surface area contributed by atoms with Crippen molar-refractivity contribution >= 4 is 0 Å². The van der Waals surface area contributed by atoms with Gasteiger partial charge in [-0.3, -0.25) is 9.36 Å². The molecule has 0 radical (unpaired) electrons. The summed E-state index contributed by atoms with van der Waals surface area (Å²) in [6, 6.07) is 0.358. The highest BCUT2D eigenvalue weighted by Crippen LogP contribution is 2.09. The smallest absolute Gasteiger partial charge is 0.310 e. The number of aryl methyl sites for hydroxylation is 1. The average Bonchev–Trinajstić information content (AvgIpc) is 2.38. The van der Waals surface area contributed by atoms with Crippen molar-refractivity contribution in [1.29, 1.82) is 0 Å². The van der Waals surface area contributed by atoms with Gasteiger partial charge < -0.3 is 9.88 Å². The van der Waals surface area contributed by atoms with Gasteiger partial charge >= 0.3 is 5.69 Å². The molecule has 1 N–H and O–H groups in total. The first kappa shape index (κ1) is 15.7. The molecule has 2 atom stereocenters. The molecule has 0 bridgehead atoms. The van der Waals surface area contributed by atoms with Crippen molar-refractivity contribution in [2.45, 2.75) is 46.2 Å². The number of nitrogens with one attached hydrogen (secondary N) is 1. The van der Waals surface area contributed by atoms with E-state index < -0.39 is 0 Å². The fourth-order valence-corrected chi connectivity index (χ4v) is 2.14. The average molecular weight is 267 g/mol. The molecule has 19 heavy (non-hydrogen) atoms. The van der Waals surface area contributed by atoms with Gasteiger partial charge in [0.1, 0.15) is 0 Å². The normalized spacial score (nSPS) is 14.4. The summed E-state index contributed by atoms with van der Waals surface area (Å²) in [6.07, 6.45) is 3.86. The van der Waals surface area contributed by atoms with Gasteiger partial charge in [0.25, 0.3) is 5.56 Å². The molecule has 0 amide bonds. The van der Waals surface area contributed by atoms with Crippen LogP contribution in [0.25, 0.3) is 0 Å². The second-order valence-electron chi connectivity index (χ2n) is 5.44. The Balaban J connectivity index is 2.74. The van der Waals surface area contributed by atoms with Crippen LogP contribution in [0.5, 0.6) is 0 Å². The Labute approximate surface area is 114 Å². The van der Waals surface area contributed by atoms with Gasteiger partial charge in [0, 0.05) is 38.4 Å². The minimum absolute atomic E-state index is 0.216. The molecule has 108 valence electrons. The third-order valence-electron chi connectivity index (χ3n) is 3.61. The fourth-order valence-electron chi connectivity index (χ4n) is 2.14. The zero-order valence-corrected chi connectivity index (χ0v) is 12.6. The summed E-state index contributed by atoms with van der Waals surface area (Å²) >= 11 is 0. The zero-order valence-electron chi connectivity index (χ0n) is 12.6. The first-order chi connectivity index (χ1) is 8.86. The van der Waals surface area contributed by atoms with E-state index in [1.807, 2.05) is 0 Å². The monoisotopic (exact) mass is 267 g/mol. The Kier molecular flexibility index (Phi) is 5.54. The first-order valence-electron chi connectivity index (χ1n) is 6.85. The number of rotatable bonds is 6. The van der Waals surface area contributed by atoms with Crippen LogP contribution < -0.4 is 16.6 Å². The van der Waals surface area contributed by atoms with E-state index in [0.717, 1.165) is 17.4 Å². The number of hydrogen-bond acceptors (Lipinski definition) is 3. The van der Waals surface area contributed by atoms with Gasteiger partial charge in [-0.05, 0) is 19.3 Å². The SMILES string of the molecule is CCC(C)CC(C)NCc1cn(C)c(=O)n(C)c1=O. The second kappa shape index (κ2) is 6.70. The highest BCUT2D eigenvalue weighted by molar-refractivity contribution is 5.05. The van der Waals surface area contributed by atoms with E-state index in [1.54, 1.807) is 13.2 Å². The maximum absolute atomic E-state index is 11.9. The molecule has 0 saturated heterocycles. The molecule has 1 heterocycles. The Hall–Kier alpha value is -1.36. The van der Waals surface area contributed by atoms with Crippen molar-refractivity contribution in [2.75, 3.05) is 0 Å². The molecule has 5 heteroatoms. The largest absolute Gasteiger partial charge is 0.330 e. The van der Waals surface area contributed by atoms with Crippen molar-refractivity contribution in [2.24, 2.45) is 20.0 Å². The molecule has 0 aliphatic rings. The maximum atomic E-state index is 11.9. The molecule has 1 rings (SSSR count). The number of hydrogen-bond donors (Lipinski definition) is 1. The van der Waals surface area contributed by atoms with Crippen LogP contribution in [0.1, 0.15) is 39.2 Å². The van der Waals surface area contributed by atoms with Crippen LogP contribution in [0.2, 0.25) is 0 Å². The predicted octanol–water partition coefficient (Wildman–Crippen LogP) is 0.998. The third kappa shape index (κ3) is 4.06. The van der Waals surface area contributed by atoms with Crippen LogP contribution >= 0.6 is 0 Å². The molecule has 0 aromatic carbocycles. The van der Waals surface area contributed by atoms with Crippen LogP contribution in [0, 0.1) is 5.92 Å². The Morgan fingerprint density at radius 1 is 1.26 bits per heavy atom. The summed E-state index contributed by atoms with van der Waals surface area (Å²) in [7, 11) is 3.17. The Morgan fingerprint density at radius 2 is 1.89 bits per heavy atom. The maximum Gasteiger partial charge on any atom is 0.330 e. The summed E-state index contributed by atoms with van der Waals surface area (Å²) in [5.41, 5.74) is 0.119. The van der Waals surface area contributed by atoms with Crippen LogP contribution in [0.4, 0.5) is 0 Å². The highest BCUT2D eigenvalue weighted by Gasteiger charge is 2.10. The quantitative estimate of drug-likeness (QED) is 0.836. The molecule has 1 aromatic rings. The summed E-state index contributed by atoms with van der Waals surface area (Å²) < 4.78 is 2.59. The van der Waals surface area contributed by atoms with Crippen molar-refractivity contribution in [3.8, 4) is 0 Å². The Bertz CT molecular complexity index is 530. The molecule has 1 aromatic heterocycles. The van der Waals surface area contributed by atoms with Crippen molar-refractivity contribution in [3.05, 3.63) is 32.6 Å². The van der Waals surface area contributed by atoms with E-state index in [0.29, 0.717) is 24.1 Å². The summed E-state index contributed by atoms with van der Waals surface area (Å²) in [4.78, 5) is 23.5. The van der Waals surface area contributed by atoms with Gasteiger partial charge in [-0.25, -0.2) is 4.79 Å². The number of aromatic nitrogens is 2. The van der Waals surface area contributed by atoms with Crippen molar-refractivity contribution in [3.63, 3.8) is 0 Å². The highest BCUT2D eigenvalue weighted by atomic mass is 16.2. The minimum atomic E-state index is -0.290. The minimum Gasteiger partial charge on any atom is -0.310 e. The van der Waals surface area contributed by atoms with E-state index in [-0.39, 0.29) is 11.2 Å².